The Morgan fingerprint density at radius 1 is 1.08 bits per heavy atom. The number of aromatic carboxylic acids is 1. The zero-order valence-electron chi connectivity index (χ0n) is 14.4. The van der Waals surface area contributed by atoms with Crippen molar-refractivity contribution < 1.29 is 24.2 Å². The molecular weight excluding hydrogens is 324 g/mol. The summed E-state index contributed by atoms with van der Waals surface area (Å²) in [7, 11) is 0. The quantitative estimate of drug-likeness (QED) is 0.828. The number of hydrogen-bond donors (Lipinski definition) is 1. The molecule has 2 amide bonds. The van der Waals surface area contributed by atoms with Gasteiger partial charge in [-0.05, 0) is 41.7 Å². The van der Waals surface area contributed by atoms with Gasteiger partial charge in [0, 0.05) is 0 Å². The van der Waals surface area contributed by atoms with Crippen LogP contribution in [0.1, 0.15) is 46.8 Å². The number of ether oxygens (including phenoxy) is 1. The molecule has 0 aliphatic carbocycles. The maximum Gasteiger partial charge on any atom is 0.335 e. The van der Waals surface area contributed by atoms with Crippen LogP contribution in [-0.2, 0) is 27.2 Å². The van der Waals surface area contributed by atoms with Gasteiger partial charge in [0.25, 0.3) is 11.8 Å². The summed E-state index contributed by atoms with van der Waals surface area (Å²) < 4.78 is 5.35. The summed E-state index contributed by atoms with van der Waals surface area (Å²) in [6.45, 7) is 5.33. The molecule has 0 aromatic heterocycles. The van der Waals surface area contributed by atoms with Gasteiger partial charge < -0.3 is 9.84 Å². The molecule has 2 aliphatic rings. The van der Waals surface area contributed by atoms with Crippen LogP contribution in [0.25, 0.3) is 0 Å². The predicted octanol–water partition coefficient (Wildman–Crippen LogP) is 1.21. The summed E-state index contributed by atoms with van der Waals surface area (Å²) in [5, 5.41) is 12.3. The van der Waals surface area contributed by atoms with Gasteiger partial charge in [0.05, 0.1) is 31.9 Å². The minimum atomic E-state index is -1.00. The number of nitrogens with zero attached hydrogens (tertiary/aromatic N) is 2. The van der Waals surface area contributed by atoms with Crippen molar-refractivity contribution in [3.63, 3.8) is 0 Å². The van der Waals surface area contributed by atoms with E-state index in [2.05, 4.69) is 0 Å². The molecule has 0 atom stereocenters. The number of rotatable bonds is 4. The summed E-state index contributed by atoms with van der Waals surface area (Å²) in [5.74, 6) is -2.38. The van der Waals surface area contributed by atoms with Crippen molar-refractivity contribution in [3.8, 4) is 0 Å². The fourth-order valence-corrected chi connectivity index (χ4v) is 3.61. The second-order valence-corrected chi connectivity index (χ2v) is 6.19. The Bertz CT molecular complexity index is 681. The first-order valence-corrected chi connectivity index (χ1v) is 8.59. The van der Waals surface area contributed by atoms with Gasteiger partial charge in [-0.1, -0.05) is 13.8 Å². The molecule has 0 radical (unpaired) electrons. The van der Waals surface area contributed by atoms with Crippen molar-refractivity contribution in [3.05, 3.63) is 34.4 Å². The molecule has 1 aromatic carbocycles. The van der Waals surface area contributed by atoms with Crippen LogP contribution >= 0.6 is 0 Å². The van der Waals surface area contributed by atoms with Crippen LogP contribution in [0.3, 0.4) is 0 Å². The number of aryl methyl sites for hydroxylation is 2. The molecule has 2 saturated heterocycles. The lowest BCUT2D eigenvalue weighted by atomic mass is 9.85. The fraction of sp³-hybridized carbons (Fsp3) is 0.500. The van der Waals surface area contributed by atoms with Crippen molar-refractivity contribution in [2.45, 2.75) is 32.6 Å². The van der Waals surface area contributed by atoms with Crippen molar-refractivity contribution in [2.75, 3.05) is 26.3 Å². The molecule has 1 N–H and O–H groups in total. The van der Waals surface area contributed by atoms with E-state index in [0.29, 0.717) is 44.7 Å². The zero-order valence-corrected chi connectivity index (χ0v) is 14.4. The molecule has 0 unspecified atom stereocenters. The van der Waals surface area contributed by atoms with E-state index in [1.165, 1.54) is 10.0 Å². The third-order valence-electron chi connectivity index (χ3n) is 4.84. The molecule has 7 nitrogen and oxygen atoms in total. The van der Waals surface area contributed by atoms with Crippen LogP contribution < -0.4 is 0 Å². The molecule has 2 fully saturated rings. The predicted molar refractivity (Wildman–Crippen MR) is 89.1 cm³/mol. The summed E-state index contributed by atoms with van der Waals surface area (Å²) in [5.41, 5.74) is 2.37. The number of hydrazine groups is 1. The highest BCUT2D eigenvalue weighted by Crippen LogP contribution is 2.35. The van der Waals surface area contributed by atoms with Gasteiger partial charge >= 0.3 is 5.97 Å². The number of benzene rings is 1. The minimum absolute atomic E-state index is 0.193. The Morgan fingerprint density at radius 3 is 1.96 bits per heavy atom. The molecular formula is C18H22N2O5. The first-order chi connectivity index (χ1) is 12.0. The standard InChI is InChI=1S/C18H22N2O5/c1-3-11-9-13(18(23)24)10-12(4-2)14(11)15-16(21)19-5-7-25-8-6-20(19)17(15)22/h9-10,15H,3-8H2,1-2H3,(H,23,24). The lowest BCUT2D eigenvalue weighted by molar-refractivity contribution is -0.145. The Morgan fingerprint density at radius 2 is 1.56 bits per heavy atom. The average molecular weight is 346 g/mol. The third kappa shape index (κ3) is 2.89. The fourth-order valence-electron chi connectivity index (χ4n) is 3.61. The third-order valence-corrected chi connectivity index (χ3v) is 4.84. The second kappa shape index (κ2) is 6.84. The number of carboxylic acids is 1. The Labute approximate surface area is 146 Å². The maximum absolute atomic E-state index is 13.0. The van der Waals surface area contributed by atoms with Gasteiger partial charge in [-0.2, -0.15) is 0 Å². The van der Waals surface area contributed by atoms with Crippen LogP contribution in [0.2, 0.25) is 0 Å². The summed E-state index contributed by atoms with van der Waals surface area (Å²) >= 11 is 0. The molecule has 7 heteroatoms. The Hall–Kier alpha value is -2.41. The molecule has 1 aromatic rings. The van der Waals surface area contributed by atoms with Gasteiger partial charge in [0.1, 0.15) is 5.92 Å². The number of hydrogen-bond acceptors (Lipinski definition) is 4. The van der Waals surface area contributed by atoms with E-state index in [1.54, 1.807) is 12.1 Å². The van der Waals surface area contributed by atoms with Gasteiger partial charge in [-0.3, -0.25) is 9.59 Å². The molecule has 25 heavy (non-hydrogen) atoms. The molecule has 2 heterocycles. The van der Waals surface area contributed by atoms with E-state index in [4.69, 9.17) is 4.74 Å². The summed E-state index contributed by atoms with van der Waals surface area (Å²) in [6.07, 6.45) is 1.12. The van der Waals surface area contributed by atoms with Crippen LogP contribution in [0, 0.1) is 0 Å². The van der Waals surface area contributed by atoms with E-state index in [1.807, 2.05) is 13.8 Å². The highest BCUT2D eigenvalue weighted by Gasteiger charge is 2.48. The van der Waals surface area contributed by atoms with Crippen LogP contribution in [0.4, 0.5) is 0 Å². The number of carbonyl (C=O) groups excluding carboxylic acids is 2. The Kier molecular flexibility index (Phi) is 4.76. The van der Waals surface area contributed by atoms with Crippen molar-refractivity contribution in [2.24, 2.45) is 0 Å². The largest absolute Gasteiger partial charge is 0.478 e. The molecule has 2 aliphatic heterocycles. The number of carbonyl (C=O) groups is 3. The van der Waals surface area contributed by atoms with Crippen LogP contribution in [0.15, 0.2) is 12.1 Å². The first-order valence-electron chi connectivity index (χ1n) is 8.59. The number of carboxylic acid groups (broad SMARTS) is 1. The highest BCUT2D eigenvalue weighted by atomic mass is 16.5. The molecule has 0 bridgehead atoms. The maximum atomic E-state index is 13.0. The number of fused-ring (bicyclic) bond motifs is 1. The molecule has 0 saturated carbocycles. The normalized spacial score (nSPS) is 18.5. The van der Waals surface area contributed by atoms with Crippen LogP contribution in [-0.4, -0.2) is 59.2 Å². The second-order valence-electron chi connectivity index (χ2n) is 6.19. The van der Waals surface area contributed by atoms with E-state index in [-0.39, 0.29) is 17.4 Å². The average Bonchev–Trinajstić information content (AvgIpc) is 2.78. The van der Waals surface area contributed by atoms with Gasteiger partial charge in [0.2, 0.25) is 0 Å². The summed E-state index contributed by atoms with van der Waals surface area (Å²) in [4.78, 5) is 37.3. The topological polar surface area (TPSA) is 87.2 Å². The Balaban J connectivity index is 2.10. The first kappa shape index (κ1) is 17.4. The molecule has 134 valence electrons. The minimum Gasteiger partial charge on any atom is -0.478 e. The molecule has 3 rings (SSSR count). The van der Waals surface area contributed by atoms with Gasteiger partial charge in [-0.15, -0.1) is 0 Å². The highest BCUT2D eigenvalue weighted by molar-refractivity contribution is 6.11. The molecule has 0 spiro atoms. The van der Waals surface area contributed by atoms with Crippen LogP contribution in [0.5, 0.6) is 0 Å². The van der Waals surface area contributed by atoms with E-state index in [0.717, 1.165) is 11.1 Å². The zero-order chi connectivity index (χ0) is 18.1. The van der Waals surface area contributed by atoms with Crippen molar-refractivity contribution in [1.82, 2.24) is 10.0 Å². The van der Waals surface area contributed by atoms with E-state index < -0.39 is 11.9 Å². The lowest BCUT2D eigenvalue weighted by Gasteiger charge is -2.23. The van der Waals surface area contributed by atoms with E-state index >= 15 is 0 Å². The number of amides is 2. The van der Waals surface area contributed by atoms with E-state index in [9.17, 15) is 19.5 Å². The van der Waals surface area contributed by atoms with Crippen molar-refractivity contribution >= 4 is 17.8 Å². The SMILES string of the molecule is CCc1cc(C(=O)O)cc(CC)c1C1C(=O)N2CCOCCN2C1=O. The van der Waals surface area contributed by atoms with Gasteiger partial charge in [-0.25, -0.2) is 14.8 Å². The lowest BCUT2D eigenvalue weighted by Crippen LogP contribution is -2.41. The monoisotopic (exact) mass is 346 g/mol. The van der Waals surface area contributed by atoms with Gasteiger partial charge in [0.15, 0.2) is 0 Å². The smallest absolute Gasteiger partial charge is 0.335 e. The summed E-state index contributed by atoms with van der Waals surface area (Å²) in [6, 6.07) is 3.17. The van der Waals surface area contributed by atoms with Crippen molar-refractivity contribution in [1.29, 1.82) is 0 Å².